The van der Waals surface area contributed by atoms with E-state index in [4.69, 9.17) is 0 Å². The number of aryl methyl sites for hydroxylation is 3. The van der Waals surface area contributed by atoms with Gasteiger partial charge in [0.05, 0.1) is 0 Å². The van der Waals surface area contributed by atoms with Gasteiger partial charge in [0.25, 0.3) is 0 Å². The Balaban J connectivity index is 1.87. The highest BCUT2D eigenvalue weighted by Crippen LogP contribution is 2.30. The van der Waals surface area contributed by atoms with Crippen LogP contribution in [-0.2, 0) is 0 Å². The Bertz CT molecular complexity index is 1020. The Hall–Kier alpha value is -2.80. The molecular formula is C23H21N. The summed E-state index contributed by atoms with van der Waals surface area (Å²) in [6.45, 7) is 6.51. The topological polar surface area (TPSA) is 4.41 Å². The lowest BCUT2D eigenvalue weighted by Crippen LogP contribution is -1.88. The number of benzene rings is 2. The van der Waals surface area contributed by atoms with Crippen molar-refractivity contribution in [2.75, 3.05) is 0 Å². The molecule has 0 aliphatic carbocycles. The van der Waals surface area contributed by atoms with E-state index in [0.29, 0.717) is 0 Å². The van der Waals surface area contributed by atoms with Crippen LogP contribution in [0.3, 0.4) is 0 Å². The summed E-state index contributed by atoms with van der Waals surface area (Å²) in [6.07, 6.45) is 4.46. The summed E-state index contributed by atoms with van der Waals surface area (Å²) in [7, 11) is 0. The number of hydrogen-bond acceptors (Lipinski definition) is 0. The molecule has 2 aromatic carbocycles. The van der Waals surface area contributed by atoms with E-state index in [-0.39, 0.29) is 0 Å². The molecule has 0 radical (unpaired) electrons. The van der Waals surface area contributed by atoms with Crippen molar-refractivity contribution in [2.24, 2.45) is 0 Å². The number of rotatable bonds is 2. The highest BCUT2D eigenvalue weighted by atomic mass is 14.9. The second kappa shape index (κ2) is 5.68. The first-order valence-electron chi connectivity index (χ1n) is 8.37. The fraction of sp³-hybridized carbons (Fsp3) is 0.130. The normalized spacial score (nSPS) is 11.1. The average molecular weight is 311 g/mol. The van der Waals surface area contributed by atoms with E-state index < -0.39 is 0 Å². The third-order valence-electron chi connectivity index (χ3n) is 4.71. The maximum Gasteiger partial charge on any atom is 0.0462 e. The number of nitrogens with zero attached hydrogens (tertiary/aromatic N) is 1. The van der Waals surface area contributed by atoms with Crippen LogP contribution in [0, 0.1) is 20.8 Å². The molecule has 0 amide bonds. The maximum atomic E-state index is 2.29. The minimum Gasteiger partial charge on any atom is -0.323 e. The summed E-state index contributed by atoms with van der Waals surface area (Å²) in [5.41, 5.74) is 10.3. The van der Waals surface area contributed by atoms with Crippen LogP contribution in [0.4, 0.5) is 0 Å². The van der Waals surface area contributed by atoms with Crippen LogP contribution in [0.15, 0.2) is 73.1 Å². The van der Waals surface area contributed by atoms with E-state index in [2.05, 4.69) is 98.2 Å². The zero-order valence-electron chi connectivity index (χ0n) is 14.4. The Morgan fingerprint density at radius 3 is 2.17 bits per heavy atom. The second-order valence-corrected chi connectivity index (χ2v) is 6.62. The lowest BCUT2D eigenvalue weighted by Gasteiger charge is -2.07. The van der Waals surface area contributed by atoms with Crippen molar-refractivity contribution >= 4 is 5.52 Å². The van der Waals surface area contributed by atoms with Gasteiger partial charge in [-0.2, -0.15) is 0 Å². The van der Waals surface area contributed by atoms with Crippen LogP contribution in [0.1, 0.15) is 16.7 Å². The summed E-state index contributed by atoms with van der Waals surface area (Å²) in [4.78, 5) is 0. The molecular weight excluding hydrogens is 290 g/mol. The van der Waals surface area contributed by atoms with Gasteiger partial charge in [0.1, 0.15) is 0 Å². The lowest BCUT2D eigenvalue weighted by molar-refractivity contribution is 1.17. The van der Waals surface area contributed by atoms with Gasteiger partial charge in [-0.1, -0.05) is 54.1 Å². The monoisotopic (exact) mass is 311 g/mol. The number of pyridine rings is 1. The van der Waals surface area contributed by atoms with Gasteiger partial charge in [0.15, 0.2) is 0 Å². The quantitative estimate of drug-likeness (QED) is 0.415. The van der Waals surface area contributed by atoms with Gasteiger partial charge in [-0.05, 0) is 60.7 Å². The minimum atomic E-state index is 1.23. The van der Waals surface area contributed by atoms with Gasteiger partial charge >= 0.3 is 0 Å². The number of fused-ring (bicyclic) bond motifs is 1. The molecule has 2 aromatic heterocycles. The first-order chi connectivity index (χ1) is 11.6. The molecule has 24 heavy (non-hydrogen) atoms. The van der Waals surface area contributed by atoms with E-state index >= 15 is 0 Å². The van der Waals surface area contributed by atoms with Crippen molar-refractivity contribution in [3.8, 4) is 22.3 Å². The molecule has 0 N–H and O–H groups in total. The molecule has 0 unspecified atom stereocenters. The standard InChI is InChI=1S/C23H21N/c1-16-9-10-22(17(2)11-16)20-12-21-13-23(18(3)14-24(21)15-20)19-7-5-4-6-8-19/h4-15H,1-3H3. The van der Waals surface area contributed by atoms with E-state index in [1.54, 1.807) is 0 Å². The molecule has 0 saturated carbocycles. The van der Waals surface area contributed by atoms with Crippen molar-refractivity contribution in [2.45, 2.75) is 20.8 Å². The Morgan fingerprint density at radius 2 is 1.42 bits per heavy atom. The fourth-order valence-electron chi connectivity index (χ4n) is 3.48. The number of hydrogen-bond donors (Lipinski definition) is 0. The van der Waals surface area contributed by atoms with Gasteiger partial charge in [0, 0.05) is 23.5 Å². The molecule has 0 aliphatic heterocycles. The minimum absolute atomic E-state index is 1.23. The van der Waals surface area contributed by atoms with Crippen LogP contribution in [0.5, 0.6) is 0 Å². The zero-order chi connectivity index (χ0) is 16.7. The zero-order valence-corrected chi connectivity index (χ0v) is 14.4. The molecule has 0 saturated heterocycles. The third kappa shape index (κ3) is 2.52. The number of aromatic nitrogens is 1. The maximum absolute atomic E-state index is 2.29. The highest BCUT2D eigenvalue weighted by Gasteiger charge is 2.09. The average Bonchev–Trinajstić information content (AvgIpc) is 2.97. The van der Waals surface area contributed by atoms with Gasteiger partial charge in [-0.3, -0.25) is 0 Å². The fourth-order valence-corrected chi connectivity index (χ4v) is 3.48. The van der Waals surface area contributed by atoms with E-state index in [1.807, 2.05) is 0 Å². The first kappa shape index (κ1) is 14.8. The van der Waals surface area contributed by atoms with Crippen LogP contribution < -0.4 is 0 Å². The summed E-state index contributed by atoms with van der Waals surface area (Å²) in [5, 5.41) is 0. The summed E-state index contributed by atoms with van der Waals surface area (Å²) in [6, 6.07) is 21.8. The molecule has 0 spiro atoms. The van der Waals surface area contributed by atoms with Gasteiger partial charge in [-0.15, -0.1) is 0 Å². The van der Waals surface area contributed by atoms with Gasteiger partial charge in [-0.25, -0.2) is 0 Å². The molecule has 0 fully saturated rings. The highest BCUT2D eigenvalue weighted by molar-refractivity contribution is 5.77. The Labute approximate surface area is 143 Å². The van der Waals surface area contributed by atoms with Crippen molar-refractivity contribution in [1.29, 1.82) is 0 Å². The molecule has 4 rings (SSSR count). The summed E-state index contributed by atoms with van der Waals surface area (Å²) >= 11 is 0. The van der Waals surface area contributed by atoms with Crippen molar-refractivity contribution < 1.29 is 0 Å². The summed E-state index contributed by atoms with van der Waals surface area (Å²) in [5.74, 6) is 0. The van der Waals surface area contributed by atoms with Crippen LogP contribution in [0.25, 0.3) is 27.8 Å². The second-order valence-electron chi connectivity index (χ2n) is 6.62. The molecule has 1 nitrogen and oxygen atoms in total. The SMILES string of the molecule is Cc1ccc(-c2cc3cc(-c4ccccc4)c(C)cn3c2)c(C)c1. The van der Waals surface area contributed by atoms with Gasteiger partial charge in [0.2, 0.25) is 0 Å². The van der Waals surface area contributed by atoms with Crippen molar-refractivity contribution in [3.05, 3.63) is 89.7 Å². The third-order valence-corrected chi connectivity index (χ3v) is 4.71. The van der Waals surface area contributed by atoms with Gasteiger partial charge < -0.3 is 4.40 Å². The van der Waals surface area contributed by atoms with E-state index in [0.717, 1.165) is 0 Å². The van der Waals surface area contributed by atoms with Crippen molar-refractivity contribution in [1.82, 2.24) is 4.40 Å². The molecule has 2 heterocycles. The molecule has 118 valence electrons. The molecule has 0 aliphatic rings. The van der Waals surface area contributed by atoms with Crippen LogP contribution in [0.2, 0.25) is 0 Å². The molecule has 0 atom stereocenters. The van der Waals surface area contributed by atoms with Crippen LogP contribution >= 0.6 is 0 Å². The lowest BCUT2D eigenvalue weighted by atomic mass is 10.0. The predicted octanol–water partition coefficient (Wildman–Crippen LogP) is 6.20. The largest absolute Gasteiger partial charge is 0.323 e. The van der Waals surface area contributed by atoms with E-state index in [9.17, 15) is 0 Å². The predicted molar refractivity (Wildman–Crippen MR) is 102 cm³/mol. The molecule has 0 bridgehead atoms. The molecule has 4 aromatic rings. The Kier molecular flexibility index (Phi) is 3.50. The molecule has 1 heteroatoms. The first-order valence-corrected chi connectivity index (χ1v) is 8.37. The smallest absolute Gasteiger partial charge is 0.0462 e. The summed E-state index contributed by atoms with van der Waals surface area (Å²) < 4.78 is 2.23. The van der Waals surface area contributed by atoms with E-state index in [1.165, 1.54) is 44.5 Å². The Morgan fingerprint density at radius 1 is 0.625 bits per heavy atom. The van der Waals surface area contributed by atoms with Crippen LogP contribution in [-0.4, -0.2) is 4.40 Å². The van der Waals surface area contributed by atoms with Crippen molar-refractivity contribution in [3.63, 3.8) is 0 Å².